The minimum Gasteiger partial charge on any atom is -0.497 e. The smallest absolute Gasteiger partial charge is 0.339 e. The van der Waals surface area contributed by atoms with E-state index in [4.69, 9.17) is 9.47 Å². The summed E-state index contributed by atoms with van der Waals surface area (Å²) in [5, 5.41) is 12.4. The number of hydrogen-bond acceptors (Lipinski definition) is 7. The predicted molar refractivity (Wildman–Crippen MR) is 114 cm³/mol. The number of benzene rings is 1. The molecular formula is C22H25N3O6. The van der Waals surface area contributed by atoms with E-state index in [0.29, 0.717) is 37.4 Å². The van der Waals surface area contributed by atoms with Crippen molar-refractivity contribution >= 4 is 29.4 Å². The number of aromatic carboxylic acids is 1. The number of rotatable bonds is 7. The van der Waals surface area contributed by atoms with Crippen molar-refractivity contribution in [3.05, 3.63) is 47.7 Å². The zero-order valence-corrected chi connectivity index (χ0v) is 17.5. The monoisotopic (exact) mass is 427 g/mol. The van der Waals surface area contributed by atoms with E-state index >= 15 is 0 Å². The normalized spacial score (nSPS) is 15.8. The van der Waals surface area contributed by atoms with Crippen LogP contribution in [0.25, 0.3) is 0 Å². The number of carbonyl (C=O) groups is 3. The van der Waals surface area contributed by atoms with Crippen molar-refractivity contribution in [3.63, 3.8) is 0 Å². The Kier molecular flexibility index (Phi) is 7.07. The average Bonchev–Trinajstić information content (AvgIpc) is 2.79. The number of nitrogens with one attached hydrogen (secondary N) is 1. The van der Waals surface area contributed by atoms with Crippen LogP contribution < -0.4 is 15.0 Å². The minimum absolute atomic E-state index is 0.0444. The summed E-state index contributed by atoms with van der Waals surface area (Å²) in [6.07, 6.45) is 2.82. The SMILES string of the molecule is CCOC(=O)[C@@H]1CCCN(c2ncc(NC(=O)c3ccc(OC)cc3)cc2C(=O)O)C1. The maximum absolute atomic E-state index is 12.5. The number of amides is 1. The number of aromatic nitrogens is 1. The summed E-state index contributed by atoms with van der Waals surface area (Å²) >= 11 is 0. The van der Waals surface area contributed by atoms with E-state index in [2.05, 4.69) is 10.3 Å². The number of piperidine rings is 1. The lowest BCUT2D eigenvalue weighted by atomic mass is 9.98. The molecule has 0 unspecified atom stereocenters. The average molecular weight is 427 g/mol. The molecule has 9 nitrogen and oxygen atoms in total. The van der Waals surface area contributed by atoms with E-state index in [1.807, 2.05) is 0 Å². The standard InChI is InChI=1S/C22H25N3O6/c1-3-31-22(29)15-5-4-10-25(13-15)19-18(21(27)28)11-16(12-23-19)24-20(26)14-6-8-17(30-2)9-7-14/h6-9,11-12,15H,3-5,10,13H2,1-2H3,(H,24,26)(H,27,28)/t15-/m1/s1. The van der Waals surface area contributed by atoms with Gasteiger partial charge in [0, 0.05) is 18.7 Å². The van der Waals surface area contributed by atoms with Gasteiger partial charge in [0.2, 0.25) is 0 Å². The molecule has 1 fully saturated rings. The van der Waals surface area contributed by atoms with Crippen molar-refractivity contribution in [3.8, 4) is 5.75 Å². The second-order valence-corrected chi connectivity index (χ2v) is 7.12. The number of carbonyl (C=O) groups excluding carboxylic acids is 2. The third-order valence-corrected chi connectivity index (χ3v) is 5.05. The Morgan fingerprint density at radius 3 is 2.65 bits per heavy atom. The van der Waals surface area contributed by atoms with E-state index in [-0.39, 0.29) is 29.0 Å². The molecule has 0 radical (unpaired) electrons. The Hall–Kier alpha value is -3.62. The van der Waals surface area contributed by atoms with Crippen LogP contribution in [0.2, 0.25) is 0 Å². The van der Waals surface area contributed by atoms with Crippen molar-refractivity contribution in [1.82, 2.24) is 4.98 Å². The van der Waals surface area contributed by atoms with Crippen molar-refractivity contribution in [1.29, 1.82) is 0 Å². The molecule has 0 aliphatic carbocycles. The first-order valence-corrected chi connectivity index (χ1v) is 10.0. The summed E-state index contributed by atoms with van der Waals surface area (Å²) in [5.41, 5.74) is 0.619. The molecule has 3 rings (SSSR count). The molecular weight excluding hydrogens is 402 g/mol. The van der Waals surface area contributed by atoms with Gasteiger partial charge in [0.15, 0.2) is 0 Å². The van der Waals surface area contributed by atoms with E-state index in [9.17, 15) is 19.5 Å². The number of pyridine rings is 1. The number of hydrogen-bond donors (Lipinski definition) is 2. The third kappa shape index (κ3) is 5.30. The minimum atomic E-state index is -1.17. The van der Waals surface area contributed by atoms with Gasteiger partial charge in [0.05, 0.1) is 31.5 Å². The number of carboxylic acids is 1. The van der Waals surface area contributed by atoms with Crippen molar-refractivity contribution in [2.45, 2.75) is 19.8 Å². The van der Waals surface area contributed by atoms with Gasteiger partial charge in [-0.3, -0.25) is 9.59 Å². The summed E-state index contributed by atoms with van der Waals surface area (Å²) in [5.74, 6) is -1.28. The predicted octanol–water partition coefficient (Wildman–Crippen LogP) is 2.82. The van der Waals surface area contributed by atoms with E-state index < -0.39 is 11.9 Å². The second-order valence-electron chi connectivity index (χ2n) is 7.12. The summed E-state index contributed by atoms with van der Waals surface area (Å²) < 4.78 is 10.2. The maximum atomic E-state index is 12.5. The molecule has 1 saturated heterocycles. The Balaban J connectivity index is 1.78. The second kappa shape index (κ2) is 9.92. The molecule has 164 valence electrons. The molecule has 2 aromatic rings. The van der Waals surface area contributed by atoms with Gasteiger partial charge in [0.1, 0.15) is 17.1 Å². The van der Waals surface area contributed by atoms with Gasteiger partial charge in [-0.05, 0) is 50.1 Å². The number of esters is 1. The molecule has 1 aliphatic rings. The van der Waals surface area contributed by atoms with Crippen LogP contribution >= 0.6 is 0 Å². The van der Waals surface area contributed by atoms with Gasteiger partial charge in [-0.2, -0.15) is 0 Å². The molecule has 1 amide bonds. The molecule has 0 bridgehead atoms. The van der Waals surface area contributed by atoms with Crippen LogP contribution in [0.4, 0.5) is 11.5 Å². The lowest BCUT2D eigenvalue weighted by Crippen LogP contribution is -2.40. The Labute approximate surface area is 180 Å². The lowest BCUT2D eigenvalue weighted by molar-refractivity contribution is -0.148. The molecule has 2 heterocycles. The van der Waals surface area contributed by atoms with Gasteiger partial charge in [-0.25, -0.2) is 9.78 Å². The highest BCUT2D eigenvalue weighted by Gasteiger charge is 2.29. The molecule has 0 spiro atoms. The Bertz CT molecular complexity index is 960. The fourth-order valence-corrected chi connectivity index (χ4v) is 3.50. The summed E-state index contributed by atoms with van der Waals surface area (Å²) in [6, 6.07) is 7.92. The number of anilines is 2. The molecule has 0 saturated carbocycles. The number of nitrogens with zero attached hydrogens (tertiary/aromatic N) is 2. The Morgan fingerprint density at radius 1 is 1.26 bits per heavy atom. The van der Waals surface area contributed by atoms with Gasteiger partial charge in [0.25, 0.3) is 5.91 Å². The molecule has 1 aromatic carbocycles. The van der Waals surface area contributed by atoms with Gasteiger partial charge in [-0.1, -0.05) is 0 Å². The largest absolute Gasteiger partial charge is 0.497 e. The molecule has 1 aromatic heterocycles. The van der Waals surface area contributed by atoms with Gasteiger partial charge < -0.3 is 24.8 Å². The summed E-state index contributed by atoms with van der Waals surface area (Å²) in [7, 11) is 1.53. The highest BCUT2D eigenvalue weighted by molar-refractivity contribution is 6.05. The first kappa shape index (κ1) is 22.1. The molecule has 31 heavy (non-hydrogen) atoms. The molecule has 2 N–H and O–H groups in total. The fourth-order valence-electron chi connectivity index (χ4n) is 3.50. The summed E-state index contributed by atoms with van der Waals surface area (Å²) in [4.78, 5) is 42.5. The van der Waals surface area contributed by atoms with Crippen LogP contribution in [0, 0.1) is 5.92 Å². The van der Waals surface area contributed by atoms with Crippen LogP contribution in [0.1, 0.15) is 40.5 Å². The Morgan fingerprint density at radius 2 is 2.00 bits per heavy atom. The van der Waals surface area contributed by atoms with E-state index in [1.165, 1.54) is 19.4 Å². The van der Waals surface area contributed by atoms with E-state index in [1.54, 1.807) is 36.1 Å². The van der Waals surface area contributed by atoms with Crippen LogP contribution in [0.3, 0.4) is 0 Å². The molecule has 9 heteroatoms. The highest BCUT2D eigenvalue weighted by atomic mass is 16.5. The number of carboxylic acid groups (broad SMARTS) is 1. The number of ether oxygens (including phenoxy) is 2. The van der Waals surface area contributed by atoms with Gasteiger partial charge in [-0.15, -0.1) is 0 Å². The third-order valence-electron chi connectivity index (χ3n) is 5.05. The van der Waals surface area contributed by atoms with Crippen molar-refractivity contribution < 1.29 is 29.0 Å². The number of methoxy groups -OCH3 is 1. The maximum Gasteiger partial charge on any atom is 0.339 e. The first-order valence-electron chi connectivity index (χ1n) is 10.0. The molecule has 1 aliphatic heterocycles. The fraction of sp³-hybridized carbons (Fsp3) is 0.364. The quantitative estimate of drug-likeness (QED) is 0.648. The van der Waals surface area contributed by atoms with Crippen LogP contribution in [-0.2, 0) is 9.53 Å². The van der Waals surface area contributed by atoms with Crippen LogP contribution in [0.5, 0.6) is 5.75 Å². The highest BCUT2D eigenvalue weighted by Crippen LogP contribution is 2.27. The van der Waals surface area contributed by atoms with Crippen LogP contribution in [0.15, 0.2) is 36.5 Å². The molecule has 1 atom stereocenters. The van der Waals surface area contributed by atoms with Crippen molar-refractivity contribution in [2.24, 2.45) is 5.92 Å². The summed E-state index contributed by atoms with van der Waals surface area (Å²) in [6.45, 7) is 2.97. The topological polar surface area (TPSA) is 118 Å². The zero-order chi connectivity index (χ0) is 22.4. The van der Waals surface area contributed by atoms with Crippen molar-refractivity contribution in [2.75, 3.05) is 37.0 Å². The first-order chi connectivity index (χ1) is 14.9. The zero-order valence-electron chi connectivity index (χ0n) is 17.5. The van der Waals surface area contributed by atoms with E-state index in [0.717, 1.165) is 6.42 Å². The van der Waals surface area contributed by atoms with Gasteiger partial charge >= 0.3 is 11.9 Å². The lowest BCUT2D eigenvalue weighted by Gasteiger charge is -2.33. The van der Waals surface area contributed by atoms with Crippen LogP contribution in [-0.4, -0.2) is 54.7 Å².